The average molecular weight is 411 g/mol. The molecular weight excluding hydrogens is 390 g/mol. The monoisotopic (exact) mass is 411 g/mol. The van der Waals surface area contributed by atoms with Crippen molar-refractivity contribution in [3.63, 3.8) is 0 Å². The van der Waals surface area contributed by atoms with E-state index in [1.165, 1.54) is 6.21 Å². The number of phenols is 1. The van der Waals surface area contributed by atoms with Crippen molar-refractivity contribution in [2.45, 2.75) is 6.92 Å². The Labute approximate surface area is 180 Å². The highest BCUT2D eigenvalue weighted by Crippen LogP contribution is 2.28. The Morgan fingerprint density at radius 3 is 2.23 bits per heavy atom. The first-order valence-electron chi connectivity index (χ1n) is 9.85. The summed E-state index contributed by atoms with van der Waals surface area (Å²) in [5.41, 5.74) is 6.56. The normalized spacial score (nSPS) is 10.9. The number of hydrogen-bond acceptors (Lipinski definition) is 7. The van der Waals surface area contributed by atoms with Crippen LogP contribution < -0.4 is 10.2 Å². The molecule has 1 heterocycles. The predicted octanol–water partition coefficient (Wildman–Crippen LogP) is 4.76. The smallest absolute Gasteiger partial charge is 0.263 e. The minimum absolute atomic E-state index is 0.0694. The van der Waals surface area contributed by atoms with Crippen LogP contribution in [0, 0.1) is 0 Å². The number of anilines is 1. The quantitative estimate of drug-likeness (QED) is 0.337. The lowest BCUT2D eigenvalue weighted by Crippen LogP contribution is -2.03. The molecule has 4 aromatic rings. The van der Waals surface area contributed by atoms with Gasteiger partial charge in [-0.2, -0.15) is 5.10 Å². The molecule has 0 aliphatic rings. The lowest BCUT2D eigenvalue weighted by atomic mass is 10.0. The number of rotatable bonds is 7. The Kier molecular flexibility index (Phi) is 6.13. The fourth-order valence-corrected chi connectivity index (χ4v) is 3.01. The highest BCUT2D eigenvalue weighted by Gasteiger charge is 2.13. The molecule has 0 atom stereocenters. The molecule has 0 unspecified atom stereocenters. The number of nitrogens with one attached hydrogen (secondary N) is 1. The van der Waals surface area contributed by atoms with Gasteiger partial charge >= 0.3 is 0 Å². The van der Waals surface area contributed by atoms with Crippen LogP contribution >= 0.6 is 0 Å². The van der Waals surface area contributed by atoms with Gasteiger partial charge in [0.05, 0.1) is 12.8 Å². The second-order valence-electron chi connectivity index (χ2n) is 6.59. The largest absolute Gasteiger partial charge is 0.507 e. The molecule has 7 nitrogen and oxygen atoms in total. The van der Waals surface area contributed by atoms with E-state index in [0.717, 1.165) is 11.1 Å². The maximum atomic E-state index is 10.1. The molecule has 31 heavy (non-hydrogen) atoms. The molecule has 0 radical (unpaired) electrons. The molecular formula is C24H21N5O2. The van der Waals surface area contributed by atoms with Gasteiger partial charge in [-0.05, 0) is 19.1 Å². The van der Waals surface area contributed by atoms with Crippen molar-refractivity contribution in [2.24, 2.45) is 5.10 Å². The molecule has 0 spiro atoms. The summed E-state index contributed by atoms with van der Waals surface area (Å²) < 4.78 is 5.37. The van der Waals surface area contributed by atoms with Crippen molar-refractivity contribution in [1.29, 1.82) is 0 Å². The molecule has 0 saturated carbocycles. The van der Waals surface area contributed by atoms with Crippen LogP contribution in [-0.2, 0) is 0 Å². The molecule has 2 N–H and O–H groups in total. The number of aromatic hydroxyl groups is 1. The van der Waals surface area contributed by atoms with Crippen LogP contribution in [0.3, 0.4) is 0 Å². The Morgan fingerprint density at radius 1 is 0.903 bits per heavy atom. The molecule has 154 valence electrons. The number of hydrazone groups is 1. The second-order valence-corrected chi connectivity index (χ2v) is 6.59. The van der Waals surface area contributed by atoms with E-state index in [1.54, 1.807) is 18.2 Å². The first kappa shape index (κ1) is 20.0. The summed E-state index contributed by atoms with van der Waals surface area (Å²) in [7, 11) is 0. The number of ether oxygens (including phenoxy) is 1. The Balaban J connectivity index is 1.60. The molecule has 0 amide bonds. The van der Waals surface area contributed by atoms with Gasteiger partial charge in [0.1, 0.15) is 22.9 Å². The first-order chi connectivity index (χ1) is 15.2. The van der Waals surface area contributed by atoms with Crippen LogP contribution in [0.25, 0.3) is 22.5 Å². The van der Waals surface area contributed by atoms with Crippen molar-refractivity contribution in [3.8, 4) is 34.0 Å². The summed E-state index contributed by atoms with van der Waals surface area (Å²) >= 11 is 0. The fraction of sp³-hybridized carbons (Fsp3) is 0.0833. The number of phenolic OH excluding ortho intramolecular Hbond substituents is 1. The Morgan fingerprint density at radius 2 is 1.58 bits per heavy atom. The van der Waals surface area contributed by atoms with E-state index in [-0.39, 0.29) is 11.7 Å². The van der Waals surface area contributed by atoms with Gasteiger partial charge in [-0.25, -0.2) is 10.4 Å². The summed E-state index contributed by atoms with van der Waals surface area (Å²) in [5, 5.41) is 22.8. The van der Waals surface area contributed by atoms with Gasteiger partial charge in [-0.3, -0.25) is 0 Å². The van der Waals surface area contributed by atoms with Gasteiger partial charge in [0.2, 0.25) is 0 Å². The lowest BCUT2D eigenvalue weighted by molar-refractivity contribution is 0.337. The van der Waals surface area contributed by atoms with Crippen LogP contribution in [-0.4, -0.2) is 33.1 Å². The highest BCUT2D eigenvalue weighted by molar-refractivity contribution is 5.84. The number of nitrogens with zero attached hydrogens (tertiary/aromatic N) is 4. The van der Waals surface area contributed by atoms with E-state index in [9.17, 15) is 5.11 Å². The zero-order chi connectivity index (χ0) is 21.5. The number of hydrogen-bond donors (Lipinski definition) is 2. The summed E-state index contributed by atoms with van der Waals surface area (Å²) in [6.07, 6.45) is 1.49. The predicted molar refractivity (Wildman–Crippen MR) is 121 cm³/mol. The van der Waals surface area contributed by atoms with E-state index in [4.69, 9.17) is 4.74 Å². The van der Waals surface area contributed by atoms with Crippen LogP contribution in [0.4, 0.5) is 5.95 Å². The Bertz CT molecular complexity index is 1180. The minimum Gasteiger partial charge on any atom is -0.507 e. The molecule has 0 bridgehead atoms. The van der Waals surface area contributed by atoms with Crippen LogP contribution in [0.15, 0.2) is 84.0 Å². The van der Waals surface area contributed by atoms with Gasteiger partial charge in [0.25, 0.3) is 5.95 Å². The number of benzene rings is 3. The van der Waals surface area contributed by atoms with Crippen molar-refractivity contribution in [3.05, 3.63) is 84.4 Å². The third-order valence-corrected chi connectivity index (χ3v) is 4.46. The average Bonchev–Trinajstić information content (AvgIpc) is 2.82. The van der Waals surface area contributed by atoms with Crippen LogP contribution in [0.5, 0.6) is 11.5 Å². The second kappa shape index (κ2) is 9.49. The maximum Gasteiger partial charge on any atom is 0.263 e. The van der Waals surface area contributed by atoms with Crippen LogP contribution in [0.1, 0.15) is 12.5 Å². The van der Waals surface area contributed by atoms with Crippen molar-refractivity contribution in [1.82, 2.24) is 15.2 Å². The summed E-state index contributed by atoms with van der Waals surface area (Å²) in [5.74, 6) is 0.918. The summed E-state index contributed by atoms with van der Waals surface area (Å²) in [4.78, 5) is 4.63. The topological polar surface area (TPSA) is 92.5 Å². The van der Waals surface area contributed by atoms with Gasteiger partial charge in [-0.1, -0.05) is 60.7 Å². The zero-order valence-corrected chi connectivity index (χ0v) is 16.9. The molecule has 7 heteroatoms. The maximum absolute atomic E-state index is 10.1. The van der Waals surface area contributed by atoms with Crippen molar-refractivity contribution < 1.29 is 9.84 Å². The summed E-state index contributed by atoms with van der Waals surface area (Å²) in [6, 6.07) is 24.6. The minimum atomic E-state index is 0.0694. The molecule has 0 aliphatic heterocycles. The van der Waals surface area contributed by atoms with Gasteiger partial charge in [0, 0.05) is 22.8 Å². The third-order valence-electron chi connectivity index (χ3n) is 4.46. The van der Waals surface area contributed by atoms with Gasteiger partial charge in [0.15, 0.2) is 0 Å². The molecule has 4 rings (SSSR count). The SMILES string of the molecule is CCOc1ccc(/C=N/Nc2nnc(-c3ccccc3)c(-c3ccccc3)n2)c(O)c1. The molecule has 0 fully saturated rings. The molecule has 0 aliphatic carbocycles. The fourth-order valence-electron chi connectivity index (χ4n) is 3.01. The highest BCUT2D eigenvalue weighted by atomic mass is 16.5. The Hall–Kier alpha value is -4.26. The zero-order valence-electron chi connectivity index (χ0n) is 16.9. The standard InChI is InChI=1S/C24H21N5O2/c1-2-31-20-14-13-19(21(30)15-20)16-25-28-24-26-22(17-9-5-3-6-10-17)23(27-29-24)18-11-7-4-8-12-18/h3-16,30H,2H2,1H3,(H,26,28,29)/b25-16+. The molecule has 1 aromatic heterocycles. The third kappa shape index (κ3) is 4.84. The van der Waals surface area contributed by atoms with Crippen LogP contribution in [0.2, 0.25) is 0 Å². The summed E-state index contributed by atoms with van der Waals surface area (Å²) in [6.45, 7) is 2.42. The van der Waals surface area contributed by atoms with E-state index in [2.05, 4.69) is 25.7 Å². The number of aromatic nitrogens is 3. The van der Waals surface area contributed by atoms with Crippen molar-refractivity contribution >= 4 is 12.2 Å². The van der Waals surface area contributed by atoms with E-state index >= 15 is 0 Å². The van der Waals surface area contributed by atoms with Crippen molar-refractivity contribution in [2.75, 3.05) is 12.0 Å². The molecule has 3 aromatic carbocycles. The van der Waals surface area contributed by atoms with Gasteiger partial charge < -0.3 is 9.84 Å². The molecule has 0 saturated heterocycles. The van der Waals surface area contributed by atoms with E-state index in [1.807, 2.05) is 67.6 Å². The van der Waals surface area contributed by atoms with E-state index < -0.39 is 0 Å². The first-order valence-corrected chi connectivity index (χ1v) is 9.85. The van der Waals surface area contributed by atoms with E-state index in [0.29, 0.717) is 29.3 Å². The van der Waals surface area contributed by atoms with Gasteiger partial charge in [-0.15, -0.1) is 10.2 Å². The lowest BCUT2D eigenvalue weighted by Gasteiger charge is -2.09.